The summed E-state index contributed by atoms with van der Waals surface area (Å²) in [6, 6.07) is 14.8. The Morgan fingerprint density at radius 1 is 0.963 bits per heavy atom. The molecule has 0 spiro atoms. The summed E-state index contributed by atoms with van der Waals surface area (Å²) in [6.45, 7) is 6.18. The Balaban J connectivity index is 1.40. The van der Waals surface area contributed by atoms with Crippen LogP contribution in [0, 0.1) is 5.82 Å². The van der Waals surface area contributed by atoms with Crippen molar-refractivity contribution in [2.24, 2.45) is 0 Å². The second kappa shape index (κ2) is 7.69. The molecule has 27 heavy (non-hydrogen) atoms. The van der Waals surface area contributed by atoms with Crippen LogP contribution in [0.3, 0.4) is 0 Å². The highest BCUT2D eigenvalue weighted by atomic mass is 19.1. The number of hydrogen-bond donors (Lipinski definition) is 0. The van der Waals surface area contributed by atoms with E-state index in [0.29, 0.717) is 0 Å². The number of nitrogens with zero attached hydrogens (tertiary/aromatic N) is 3. The molecule has 1 amide bonds. The van der Waals surface area contributed by atoms with Gasteiger partial charge in [-0.15, -0.1) is 0 Å². The second-order valence-electron chi connectivity index (χ2n) is 7.40. The first-order valence-electron chi connectivity index (χ1n) is 9.77. The quantitative estimate of drug-likeness (QED) is 0.833. The van der Waals surface area contributed by atoms with Gasteiger partial charge in [0.15, 0.2) is 0 Å². The summed E-state index contributed by atoms with van der Waals surface area (Å²) in [5.74, 6) is -0.0178. The van der Waals surface area contributed by atoms with Gasteiger partial charge in [0.05, 0.1) is 6.04 Å². The standard InChI is InChI=1S/C22H26FN3O/c1-17(22(27)26-12-4-6-18-5-2-3-7-21(18)26)24-13-15-25(16-14-24)20-10-8-19(23)9-11-20/h2-3,5,7-11,17H,4,6,12-16H2,1H3. The molecule has 1 saturated heterocycles. The van der Waals surface area contributed by atoms with Crippen LogP contribution in [-0.2, 0) is 11.2 Å². The predicted octanol–water partition coefficient (Wildman–Crippen LogP) is 3.32. The van der Waals surface area contributed by atoms with Gasteiger partial charge in [0.1, 0.15) is 5.82 Å². The van der Waals surface area contributed by atoms with E-state index >= 15 is 0 Å². The molecule has 0 aliphatic carbocycles. The summed E-state index contributed by atoms with van der Waals surface area (Å²) in [5, 5.41) is 0. The van der Waals surface area contributed by atoms with E-state index in [9.17, 15) is 9.18 Å². The molecular formula is C22H26FN3O. The number of aryl methyl sites for hydroxylation is 1. The lowest BCUT2D eigenvalue weighted by Gasteiger charge is -2.40. The minimum Gasteiger partial charge on any atom is -0.369 e. The summed E-state index contributed by atoms with van der Waals surface area (Å²) in [6.07, 6.45) is 2.07. The zero-order chi connectivity index (χ0) is 18.8. The minimum atomic E-state index is -0.210. The van der Waals surface area contributed by atoms with Gasteiger partial charge >= 0.3 is 0 Å². The van der Waals surface area contributed by atoms with Crippen molar-refractivity contribution < 1.29 is 9.18 Å². The second-order valence-corrected chi connectivity index (χ2v) is 7.40. The zero-order valence-corrected chi connectivity index (χ0v) is 15.8. The van der Waals surface area contributed by atoms with E-state index in [1.165, 1.54) is 17.7 Å². The first-order chi connectivity index (χ1) is 13.1. The van der Waals surface area contributed by atoms with Crippen molar-refractivity contribution in [3.63, 3.8) is 0 Å². The third-order valence-electron chi connectivity index (χ3n) is 5.79. The molecule has 2 heterocycles. The maximum absolute atomic E-state index is 13.2. The SMILES string of the molecule is CC(C(=O)N1CCCc2ccccc21)N1CCN(c2ccc(F)cc2)CC1. The molecule has 0 radical (unpaired) electrons. The predicted molar refractivity (Wildman–Crippen MR) is 107 cm³/mol. The van der Waals surface area contributed by atoms with Gasteiger partial charge in [-0.3, -0.25) is 9.69 Å². The van der Waals surface area contributed by atoms with Gasteiger partial charge in [-0.2, -0.15) is 0 Å². The molecule has 0 bridgehead atoms. The third kappa shape index (κ3) is 3.69. The van der Waals surface area contributed by atoms with Crippen molar-refractivity contribution >= 4 is 17.3 Å². The Morgan fingerprint density at radius 3 is 2.41 bits per heavy atom. The smallest absolute Gasteiger partial charge is 0.244 e. The highest BCUT2D eigenvalue weighted by molar-refractivity contribution is 5.98. The third-order valence-corrected chi connectivity index (χ3v) is 5.79. The van der Waals surface area contributed by atoms with Crippen LogP contribution >= 0.6 is 0 Å². The van der Waals surface area contributed by atoms with E-state index in [1.54, 1.807) is 0 Å². The van der Waals surface area contributed by atoms with Gasteiger partial charge in [-0.05, 0) is 55.7 Å². The Bertz CT molecular complexity index is 799. The van der Waals surface area contributed by atoms with E-state index in [4.69, 9.17) is 0 Å². The van der Waals surface area contributed by atoms with E-state index in [0.717, 1.165) is 56.9 Å². The van der Waals surface area contributed by atoms with Crippen LogP contribution in [0.15, 0.2) is 48.5 Å². The highest BCUT2D eigenvalue weighted by Gasteiger charge is 2.31. The van der Waals surface area contributed by atoms with Gasteiger partial charge in [0.2, 0.25) is 5.91 Å². The first kappa shape index (κ1) is 18.0. The summed E-state index contributed by atoms with van der Waals surface area (Å²) in [7, 11) is 0. The maximum Gasteiger partial charge on any atom is 0.244 e. The molecule has 1 fully saturated rings. The maximum atomic E-state index is 13.2. The highest BCUT2D eigenvalue weighted by Crippen LogP contribution is 2.28. The molecule has 142 valence electrons. The molecule has 2 aliphatic rings. The summed E-state index contributed by atoms with van der Waals surface area (Å²) in [4.78, 5) is 19.7. The molecule has 5 heteroatoms. The summed E-state index contributed by atoms with van der Waals surface area (Å²) in [5.41, 5.74) is 3.39. The van der Waals surface area contributed by atoms with Crippen LogP contribution in [0.5, 0.6) is 0 Å². The number of amides is 1. The van der Waals surface area contributed by atoms with Gasteiger partial charge in [-0.25, -0.2) is 4.39 Å². The topological polar surface area (TPSA) is 26.8 Å². The molecular weight excluding hydrogens is 341 g/mol. The zero-order valence-electron chi connectivity index (χ0n) is 15.8. The van der Waals surface area contributed by atoms with E-state index in [2.05, 4.69) is 21.9 Å². The van der Waals surface area contributed by atoms with Crippen molar-refractivity contribution in [3.05, 3.63) is 59.9 Å². The molecule has 4 rings (SSSR count). The fourth-order valence-electron chi connectivity index (χ4n) is 4.16. The lowest BCUT2D eigenvalue weighted by molar-refractivity contribution is -0.123. The van der Waals surface area contributed by atoms with Crippen LogP contribution < -0.4 is 9.80 Å². The monoisotopic (exact) mass is 367 g/mol. The number of rotatable bonds is 3. The fraction of sp³-hybridized carbons (Fsp3) is 0.409. The number of fused-ring (bicyclic) bond motifs is 1. The van der Waals surface area contributed by atoms with Crippen molar-refractivity contribution in [3.8, 4) is 0 Å². The van der Waals surface area contributed by atoms with Gasteiger partial charge in [0.25, 0.3) is 0 Å². The average molecular weight is 367 g/mol. The largest absolute Gasteiger partial charge is 0.369 e. The van der Waals surface area contributed by atoms with Crippen molar-refractivity contribution in [1.29, 1.82) is 0 Å². The molecule has 1 atom stereocenters. The summed E-state index contributed by atoms with van der Waals surface area (Å²) < 4.78 is 13.1. The van der Waals surface area contributed by atoms with E-state index < -0.39 is 0 Å². The summed E-state index contributed by atoms with van der Waals surface area (Å²) >= 11 is 0. The molecule has 4 nitrogen and oxygen atoms in total. The number of para-hydroxylation sites is 1. The van der Waals surface area contributed by atoms with Gasteiger partial charge < -0.3 is 9.80 Å². The molecule has 0 saturated carbocycles. The Labute approximate surface area is 160 Å². The average Bonchev–Trinajstić information content (AvgIpc) is 2.73. The molecule has 0 N–H and O–H groups in total. The molecule has 2 aromatic carbocycles. The lowest BCUT2D eigenvalue weighted by Crippen LogP contribution is -2.55. The van der Waals surface area contributed by atoms with Crippen LogP contribution in [-0.4, -0.2) is 49.6 Å². The number of anilines is 2. The van der Waals surface area contributed by atoms with E-state index in [1.807, 2.05) is 36.1 Å². The normalized spacial score (nSPS) is 18.9. The number of benzene rings is 2. The molecule has 2 aromatic rings. The van der Waals surface area contributed by atoms with Crippen LogP contribution in [0.4, 0.5) is 15.8 Å². The minimum absolute atomic E-state index is 0.133. The number of hydrogen-bond acceptors (Lipinski definition) is 3. The molecule has 2 aliphatic heterocycles. The van der Waals surface area contributed by atoms with Crippen LogP contribution in [0.25, 0.3) is 0 Å². The van der Waals surface area contributed by atoms with E-state index in [-0.39, 0.29) is 17.8 Å². The number of carbonyl (C=O) groups is 1. The Kier molecular flexibility index (Phi) is 5.12. The lowest BCUT2D eigenvalue weighted by atomic mass is 10.0. The number of carbonyl (C=O) groups excluding carboxylic acids is 1. The molecule has 0 aromatic heterocycles. The van der Waals surface area contributed by atoms with Crippen LogP contribution in [0.1, 0.15) is 18.9 Å². The Morgan fingerprint density at radius 2 is 1.67 bits per heavy atom. The Hall–Kier alpha value is -2.40. The van der Waals surface area contributed by atoms with Gasteiger partial charge in [0, 0.05) is 44.1 Å². The van der Waals surface area contributed by atoms with Crippen LogP contribution in [0.2, 0.25) is 0 Å². The fourth-order valence-corrected chi connectivity index (χ4v) is 4.16. The first-order valence-corrected chi connectivity index (χ1v) is 9.77. The van der Waals surface area contributed by atoms with Crippen molar-refractivity contribution in [1.82, 2.24) is 4.90 Å². The van der Waals surface area contributed by atoms with Gasteiger partial charge in [-0.1, -0.05) is 18.2 Å². The number of halogens is 1. The van der Waals surface area contributed by atoms with Crippen molar-refractivity contribution in [2.75, 3.05) is 42.5 Å². The molecule has 1 unspecified atom stereocenters. The number of piperazine rings is 1. The van der Waals surface area contributed by atoms with Crippen molar-refractivity contribution in [2.45, 2.75) is 25.8 Å².